The molecule has 0 radical (unpaired) electrons. The van der Waals surface area contributed by atoms with E-state index >= 15 is 0 Å². The first kappa shape index (κ1) is 13.9. The maximum absolute atomic E-state index is 10.7. The molecule has 1 aromatic heterocycles. The lowest BCUT2D eigenvalue weighted by atomic mass is 10.1. The van der Waals surface area contributed by atoms with E-state index < -0.39 is 5.97 Å². The number of carboxylic acids is 1. The van der Waals surface area contributed by atoms with Crippen molar-refractivity contribution in [2.75, 3.05) is 5.75 Å². The van der Waals surface area contributed by atoms with Crippen LogP contribution in [0.2, 0.25) is 0 Å². The van der Waals surface area contributed by atoms with E-state index in [-0.39, 0.29) is 5.75 Å². The third-order valence-electron chi connectivity index (χ3n) is 2.98. The Bertz CT molecular complexity index is 610. The number of pyridine rings is 1. The van der Waals surface area contributed by atoms with E-state index in [0.29, 0.717) is 0 Å². The van der Waals surface area contributed by atoms with Crippen molar-refractivity contribution in [1.82, 2.24) is 4.98 Å². The molecule has 3 nitrogen and oxygen atoms in total. The van der Waals surface area contributed by atoms with Crippen LogP contribution in [0.4, 0.5) is 0 Å². The lowest BCUT2D eigenvalue weighted by Gasteiger charge is -2.14. The van der Waals surface area contributed by atoms with Crippen LogP contribution in [0.5, 0.6) is 0 Å². The predicted molar refractivity (Wildman–Crippen MR) is 76.2 cm³/mol. The molecule has 0 aliphatic carbocycles. The van der Waals surface area contributed by atoms with E-state index in [1.807, 2.05) is 31.2 Å². The Morgan fingerprint density at radius 2 is 2.11 bits per heavy atom. The van der Waals surface area contributed by atoms with Gasteiger partial charge < -0.3 is 9.90 Å². The van der Waals surface area contributed by atoms with E-state index in [2.05, 4.69) is 11.9 Å². The number of thioether (sulfide) groups is 1. The molecule has 19 heavy (non-hydrogen) atoms. The molecular weight excluding hydrogens is 258 g/mol. The summed E-state index contributed by atoms with van der Waals surface area (Å²) in [5.41, 5.74) is 3.06. The second-order valence-corrected chi connectivity index (χ2v) is 5.42. The van der Waals surface area contributed by atoms with Crippen molar-refractivity contribution < 1.29 is 9.90 Å². The zero-order chi connectivity index (χ0) is 13.8. The summed E-state index contributed by atoms with van der Waals surface area (Å²) in [6, 6.07) is 7.86. The van der Waals surface area contributed by atoms with Crippen LogP contribution in [0.3, 0.4) is 0 Å². The van der Waals surface area contributed by atoms with Crippen LogP contribution in [0.1, 0.15) is 24.6 Å². The monoisotopic (exact) mass is 274 g/mol. The summed E-state index contributed by atoms with van der Waals surface area (Å²) in [6.07, 6.45) is 1.93. The molecule has 0 saturated heterocycles. The van der Waals surface area contributed by atoms with Crippen LogP contribution in [0, 0.1) is 6.92 Å². The first-order valence-electron chi connectivity index (χ1n) is 6.34. The predicted octanol–water partition coefficient (Wildman–Crippen LogP) is 2.34. The fourth-order valence-corrected chi connectivity index (χ4v) is 3.19. The number of aromatic nitrogens is 1. The van der Waals surface area contributed by atoms with Crippen LogP contribution >= 0.6 is 11.8 Å². The van der Waals surface area contributed by atoms with Gasteiger partial charge in [0.1, 0.15) is 0 Å². The number of carbonyl (C=O) groups excluding carboxylic acids is 1. The topological polar surface area (TPSA) is 53.0 Å². The van der Waals surface area contributed by atoms with Gasteiger partial charge in [-0.05, 0) is 25.0 Å². The first-order chi connectivity index (χ1) is 9.13. The van der Waals surface area contributed by atoms with Gasteiger partial charge in [0.15, 0.2) is 0 Å². The number of hydrogen-bond donors (Lipinski definition) is 0. The van der Waals surface area contributed by atoms with Gasteiger partial charge in [-0.2, -0.15) is 0 Å². The van der Waals surface area contributed by atoms with Crippen LogP contribution in [0.15, 0.2) is 29.2 Å². The summed E-state index contributed by atoms with van der Waals surface area (Å²) in [5.74, 6) is -1.06. The molecule has 0 N–H and O–H groups in total. The number of benzene rings is 1. The highest BCUT2D eigenvalue weighted by Gasteiger charge is 2.12. The third-order valence-corrected chi connectivity index (χ3v) is 4.12. The molecular formula is C15H16NO2S-. The SMILES string of the molecule is CCCc1c(C)nc2ccccc2c1SCC(=O)[O-]. The van der Waals surface area contributed by atoms with E-state index in [4.69, 9.17) is 0 Å². The normalized spacial score (nSPS) is 10.8. The number of rotatable bonds is 5. The van der Waals surface area contributed by atoms with Gasteiger partial charge in [0.25, 0.3) is 0 Å². The van der Waals surface area contributed by atoms with Crippen molar-refractivity contribution in [1.29, 1.82) is 0 Å². The van der Waals surface area contributed by atoms with E-state index in [9.17, 15) is 9.90 Å². The zero-order valence-electron chi connectivity index (χ0n) is 11.1. The molecule has 2 rings (SSSR count). The van der Waals surface area contributed by atoms with Crippen molar-refractivity contribution in [3.8, 4) is 0 Å². The fraction of sp³-hybridized carbons (Fsp3) is 0.333. The van der Waals surface area contributed by atoms with E-state index in [1.165, 1.54) is 11.8 Å². The van der Waals surface area contributed by atoms with Gasteiger partial charge in [0.05, 0.1) is 11.5 Å². The number of carbonyl (C=O) groups is 1. The van der Waals surface area contributed by atoms with Crippen molar-refractivity contribution in [2.45, 2.75) is 31.6 Å². The van der Waals surface area contributed by atoms with Gasteiger partial charge in [-0.1, -0.05) is 31.5 Å². The van der Waals surface area contributed by atoms with Gasteiger partial charge in [0.2, 0.25) is 0 Å². The number of aryl methyl sites for hydroxylation is 1. The molecule has 0 amide bonds. The quantitative estimate of drug-likeness (QED) is 0.785. The Kier molecular flexibility index (Phi) is 4.43. The van der Waals surface area contributed by atoms with Gasteiger partial charge in [0, 0.05) is 21.7 Å². The van der Waals surface area contributed by atoms with Gasteiger partial charge in [-0.3, -0.25) is 4.98 Å². The molecule has 0 atom stereocenters. The van der Waals surface area contributed by atoms with Gasteiger partial charge in [-0.25, -0.2) is 0 Å². The fourth-order valence-electron chi connectivity index (χ4n) is 2.18. The minimum absolute atomic E-state index is 0.0236. The highest BCUT2D eigenvalue weighted by molar-refractivity contribution is 8.00. The number of para-hydroxylation sites is 1. The summed E-state index contributed by atoms with van der Waals surface area (Å²) < 4.78 is 0. The lowest BCUT2D eigenvalue weighted by Crippen LogP contribution is -2.24. The molecule has 0 fully saturated rings. The Hall–Kier alpha value is -1.55. The standard InChI is InChI=1S/C15H17NO2S/c1-3-6-11-10(2)16-13-8-5-4-7-12(13)15(11)19-9-14(17)18/h4-5,7-8H,3,6,9H2,1-2H3,(H,17,18)/p-1. The number of nitrogens with zero attached hydrogens (tertiary/aromatic N) is 1. The smallest absolute Gasteiger partial charge is 0.0716 e. The molecule has 0 unspecified atom stereocenters. The highest BCUT2D eigenvalue weighted by atomic mass is 32.2. The molecule has 0 spiro atoms. The number of carboxylic acid groups (broad SMARTS) is 1. The molecule has 0 saturated carbocycles. The van der Waals surface area contributed by atoms with Gasteiger partial charge >= 0.3 is 0 Å². The molecule has 0 aliphatic heterocycles. The average molecular weight is 274 g/mol. The second-order valence-electron chi connectivity index (χ2n) is 4.43. The number of aliphatic carboxylic acids is 1. The van der Waals surface area contributed by atoms with E-state index in [1.54, 1.807) is 0 Å². The van der Waals surface area contributed by atoms with Crippen LogP contribution in [-0.4, -0.2) is 16.7 Å². The summed E-state index contributed by atoms with van der Waals surface area (Å²) in [4.78, 5) is 16.4. The molecule has 0 bridgehead atoms. The van der Waals surface area contributed by atoms with Crippen molar-refractivity contribution >= 4 is 28.6 Å². The van der Waals surface area contributed by atoms with Crippen molar-refractivity contribution in [3.63, 3.8) is 0 Å². The Labute approximate surface area is 117 Å². The Morgan fingerprint density at radius 1 is 1.37 bits per heavy atom. The molecule has 0 aliphatic rings. The summed E-state index contributed by atoms with van der Waals surface area (Å²) in [5, 5.41) is 11.7. The summed E-state index contributed by atoms with van der Waals surface area (Å²) >= 11 is 1.34. The minimum atomic E-state index is -1.04. The average Bonchev–Trinajstić information content (AvgIpc) is 2.38. The summed E-state index contributed by atoms with van der Waals surface area (Å²) in [7, 11) is 0. The maximum atomic E-state index is 10.7. The van der Waals surface area contributed by atoms with Crippen LogP contribution < -0.4 is 5.11 Å². The largest absolute Gasteiger partial charge is 0.549 e. The third kappa shape index (κ3) is 3.07. The van der Waals surface area contributed by atoms with Crippen molar-refractivity contribution in [2.24, 2.45) is 0 Å². The molecule has 4 heteroatoms. The lowest BCUT2D eigenvalue weighted by molar-refractivity contribution is -0.301. The molecule has 1 aromatic carbocycles. The van der Waals surface area contributed by atoms with Crippen LogP contribution in [0.25, 0.3) is 10.9 Å². The van der Waals surface area contributed by atoms with Crippen molar-refractivity contribution in [3.05, 3.63) is 35.5 Å². The second kappa shape index (κ2) is 6.06. The molecule has 2 aromatic rings. The molecule has 100 valence electrons. The summed E-state index contributed by atoms with van der Waals surface area (Å²) in [6.45, 7) is 4.10. The minimum Gasteiger partial charge on any atom is -0.549 e. The number of hydrogen-bond acceptors (Lipinski definition) is 4. The number of fused-ring (bicyclic) bond motifs is 1. The first-order valence-corrected chi connectivity index (χ1v) is 7.33. The Morgan fingerprint density at radius 3 is 2.79 bits per heavy atom. The van der Waals surface area contributed by atoms with Gasteiger partial charge in [-0.15, -0.1) is 11.8 Å². The Balaban J connectivity index is 2.58. The van der Waals surface area contributed by atoms with Crippen LogP contribution in [-0.2, 0) is 11.2 Å². The maximum Gasteiger partial charge on any atom is 0.0716 e. The van der Waals surface area contributed by atoms with E-state index in [0.717, 1.165) is 39.9 Å². The highest BCUT2D eigenvalue weighted by Crippen LogP contribution is 2.32. The molecule has 1 heterocycles. The zero-order valence-corrected chi connectivity index (χ0v) is 11.9.